The van der Waals surface area contributed by atoms with Crippen molar-refractivity contribution in [3.8, 4) is 11.4 Å². The molecule has 0 aliphatic heterocycles. The highest BCUT2D eigenvalue weighted by Gasteiger charge is 2.12. The molecule has 0 aliphatic carbocycles. The molecule has 108 valence electrons. The Kier molecular flexibility index (Phi) is 4.92. The first-order chi connectivity index (χ1) is 9.78. The van der Waals surface area contributed by atoms with Gasteiger partial charge >= 0.3 is 0 Å². The first-order valence-corrected chi connectivity index (χ1v) is 7.10. The van der Waals surface area contributed by atoms with Crippen LogP contribution in [0.15, 0.2) is 18.3 Å². The third-order valence-corrected chi connectivity index (χ3v) is 3.03. The maximum absolute atomic E-state index is 4.60. The van der Waals surface area contributed by atoms with Crippen LogP contribution in [0, 0.1) is 0 Å². The summed E-state index contributed by atoms with van der Waals surface area (Å²) < 4.78 is 0. The molecule has 0 unspecified atom stereocenters. The zero-order chi connectivity index (χ0) is 14.4. The van der Waals surface area contributed by atoms with Crippen molar-refractivity contribution in [2.45, 2.75) is 26.7 Å². The molecule has 2 heterocycles. The molecule has 0 aliphatic rings. The molecular formula is C14H22N6. The van der Waals surface area contributed by atoms with E-state index < -0.39 is 0 Å². The summed E-state index contributed by atoms with van der Waals surface area (Å²) in [6.45, 7) is 6.28. The summed E-state index contributed by atoms with van der Waals surface area (Å²) in [6, 6.07) is 3.88. The number of hydrogen-bond acceptors (Lipinski definition) is 5. The second kappa shape index (κ2) is 6.88. The minimum Gasteiger partial charge on any atom is -0.373 e. The van der Waals surface area contributed by atoms with Gasteiger partial charge in [-0.2, -0.15) is 4.98 Å². The third-order valence-electron chi connectivity index (χ3n) is 3.03. The Labute approximate surface area is 119 Å². The molecule has 0 spiro atoms. The summed E-state index contributed by atoms with van der Waals surface area (Å²) in [4.78, 5) is 11.0. The SMILES string of the molecule is CCCN(CCC)c1n[nH]c(-c2ccnc(NC)c2)n1. The maximum Gasteiger partial charge on any atom is 0.245 e. The zero-order valence-corrected chi connectivity index (χ0v) is 12.3. The number of nitrogens with one attached hydrogen (secondary N) is 2. The molecule has 2 aromatic heterocycles. The molecule has 0 fully saturated rings. The summed E-state index contributed by atoms with van der Waals surface area (Å²) in [7, 11) is 1.85. The summed E-state index contributed by atoms with van der Waals surface area (Å²) in [5.41, 5.74) is 0.982. The van der Waals surface area contributed by atoms with Crippen molar-refractivity contribution in [2.24, 2.45) is 0 Å². The number of pyridine rings is 1. The van der Waals surface area contributed by atoms with Crippen LogP contribution in [0.1, 0.15) is 26.7 Å². The van der Waals surface area contributed by atoms with Gasteiger partial charge in [0.2, 0.25) is 5.95 Å². The Morgan fingerprint density at radius 2 is 2.00 bits per heavy atom. The summed E-state index contributed by atoms with van der Waals surface area (Å²) in [6.07, 6.45) is 3.94. The van der Waals surface area contributed by atoms with Gasteiger partial charge in [0.15, 0.2) is 5.82 Å². The second-order valence-electron chi connectivity index (χ2n) is 4.65. The highest BCUT2D eigenvalue weighted by molar-refractivity contribution is 5.60. The molecule has 6 nitrogen and oxygen atoms in total. The van der Waals surface area contributed by atoms with E-state index in [1.54, 1.807) is 6.20 Å². The standard InChI is InChI=1S/C14H22N6/c1-4-8-20(9-5-2)14-17-13(18-19-14)11-6-7-16-12(10-11)15-3/h6-7,10H,4-5,8-9H2,1-3H3,(H,15,16)(H,17,18,19). The smallest absolute Gasteiger partial charge is 0.245 e. The molecule has 0 atom stereocenters. The molecule has 0 radical (unpaired) electrons. The van der Waals surface area contributed by atoms with Crippen LogP contribution in [0.4, 0.5) is 11.8 Å². The molecule has 0 aromatic carbocycles. The lowest BCUT2D eigenvalue weighted by Crippen LogP contribution is -2.25. The molecule has 6 heteroatoms. The predicted molar refractivity (Wildman–Crippen MR) is 82.0 cm³/mol. The number of aromatic amines is 1. The van der Waals surface area contributed by atoms with Crippen LogP contribution in [0.5, 0.6) is 0 Å². The Morgan fingerprint density at radius 3 is 2.65 bits per heavy atom. The molecule has 20 heavy (non-hydrogen) atoms. The zero-order valence-electron chi connectivity index (χ0n) is 12.3. The third kappa shape index (κ3) is 3.26. The molecule has 0 amide bonds. The average molecular weight is 274 g/mol. The number of nitrogens with zero attached hydrogens (tertiary/aromatic N) is 4. The fourth-order valence-electron chi connectivity index (χ4n) is 2.09. The van der Waals surface area contributed by atoms with Crippen molar-refractivity contribution < 1.29 is 0 Å². The van der Waals surface area contributed by atoms with Crippen LogP contribution in [0.2, 0.25) is 0 Å². The number of hydrogen-bond donors (Lipinski definition) is 2. The minimum absolute atomic E-state index is 0.770. The lowest BCUT2D eigenvalue weighted by Gasteiger charge is -2.18. The highest BCUT2D eigenvalue weighted by atomic mass is 15.4. The van der Waals surface area contributed by atoms with Crippen LogP contribution in [-0.4, -0.2) is 40.3 Å². The summed E-state index contributed by atoms with van der Waals surface area (Å²) in [5.74, 6) is 2.36. The van der Waals surface area contributed by atoms with Gasteiger partial charge in [-0.15, -0.1) is 5.10 Å². The van der Waals surface area contributed by atoms with Crippen LogP contribution in [-0.2, 0) is 0 Å². The van der Waals surface area contributed by atoms with Gasteiger partial charge in [-0.05, 0) is 25.0 Å². The van der Waals surface area contributed by atoms with E-state index >= 15 is 0 Å². The van der Waals surface area contributed by atoms with Gasteiger partial charge in [0.05, 0.1) is 0 Å². The Bertz CT molecular complexity index is 530. The van der Waals surface area contributed by atoms with E-state index in [-0.39, 0.29) is 0 Å². The van der Waals surface area contributed by atoms with Gasteiger partial charge in [0, 0.05) is 31.9 Å². The van der Waals surface area contributed by atoms with Crippen molar-refractivity contribution >= 4 is 11.8 Å². The number of aromatic nitrogens is 4. The maximum atomic E-state index is 4.60. The van der Waals surface area contributed by atoms with Crippen molar-refractivity contribution in [3.63, 3.8) is 0 Å². The quantitative estimate of drug-likeness (QED) is 0.812. The van der Waals surface area contributed by atoms with E-state index in [1.807, 2.05) is 19.2 Å². The van der Waals surface area contributed by atoms with E-state index in [0.29, 0.717) is 0 Å². The summed E-state index contributed by atoms with van der Waals surface area (Å²) >= 11 is 0. The fraction of sp³-hybridized carbons (Fsp3) is 0.500. The van der Waals surface area contributed by atoms with Crippen molar-refractivity contribution in [2.75, 3.05) is 30.4 Å². The van der Waals surface area contributed by atoms with Gasteiger partial charge in [-0.25, -0.2) is 4.98 Å². The molecule has 2 aromatic rings. The summed E-state index contributed by atoms with van der Waals surface area (Å²) in [5, 5.41) is 10.4. The van der Waals surface area contributed by atoms with E-state index in [2.05, 4.69) is 44.2 Å². The number of anilines is 2. The van der Waals surface area contributed by atoms with Crippen molar-refractivity contribution in [1.29, 1.82) is 0 Å². The monoisotopic (exact) mass is 274 g/mol. The lowest BCUT2D eigenvalue weighted by molar-refractivity contribution is 0.723. The Balaban J connectivity index is 2.22. The molecule has 2 N–H and O–H groups in total. The van der Waals surface area contributed by atoms with Crippen molar-refractivity contribution in [3.05, 3.63) is 18.3 Å². The van der Waals surface area contributed by atoms with Gasteiger partial charge in [-0.1, -0.05) is 13.8 Å². The predicted octanol–water partition coefficient (Wildman–Crippen LogP) is 2.53. The Hall–Kier alpha value is -2.11. The average Bonchev–Trinajstić information content (AvgIpc) is 2.97. The Morgan fingerprint density at radius 1 is 1.25 bits per heavy atom. The van der Waals surface area contributed by atoms with Gasteiger partial charge in [0.25, 0.3) is 0 Å². The first-order valence-electron chi connectivity index (χ1n) is 7.10. The van der Waals surface area contributed by atoms with Gasteiger partial charge < -0.3 is 10.2 Å². The van der Waals surface area contributed by atoms with E-state index in [9.17, 15) is 0 Å². The van der Waals surface area contributed by atoms with Crippen LogP contribution >= 0.6 is 0 Å². The fourth-order valence-corrected chi connectivity index (χ4v) is 2.09. The molecular weight excluding hydrogens is 252 g/mol. The lowest BCUT2D eigenvalue weighted by atomic mass is 10.2. The molecule has 0 saturated carbocycles. The highest BCUT2D eigenvalue weighted by Crippen LogP contribution is 2.19. The van der Waals surface area contributed by atoms with Crippen LogP contribution < -0.4 is 10.2 Å². The largest absolute Gasteiger partial charge is 0.373 e. The second-order valence-corrected chi connectivity index (χ2v) is 4.65. The van der Waals surface area contributed by atoms with Gasteiger partial charge in [-0.3, -0.25) is 5.10 Å². The number of H-pyrrole nitrogens is 1. The van der Waals surface area contributed by atoms with Crippen LogP contribution in [0.3, 0.4) is 0 Å². The van der Waals surface area contributed by atoms with E-state index in [4.69, 9.17) is 0 Å². The first kappa shape index (κ1) is 14.3. The molecule has 0 bridgehead atoms. The molecule has 0 saturated heterocycles. The normalized spacial score (nSPS) is 10.6. The van der Waals surface area contributed by atoms with Crippen molar-refractivity contribution in [1.82, 2.24) is 20.2 Å². The molecule has 2 rings (SSSR count). The van der Waals surface area contributed by atoms with Gasteiger partial charge in [0.1, 0.15) is 5.82 Å². The van der Waals surface area contributed by atoms with E-state index in [0.717, 1.165) is 49.1 Å². The topological polar surface area (TPSA) is 69.7 Å². The van der Waals surface area contributed by atoms with Crippen LogP contribution in [0.25, 0.3) is 11.4 Å². The number of rotatable bonds is 7. The van der Waals surface area contributed by atoms with E-state index in [1.165, 1.54) is 0 Å². The minimum atomic E-state index is 0.770.